The Kier molecular flexibility index (Phi) is 14.3. The molecule has 15 nitrogen and oxygen atoms in total. The van der Waals surface area contributed by atoms with Crippen molar-refractivity contribution in [1.29, 1.82) is 0 Å². The first-order valence-electron chi connectivity index (χ1n) is 18.0. The summed E-state index contributed by atoms with van der Waals surface area (Å²) in [5.74, 6) is -0.148. The topological polar surface area (TPSA) is 164 Å². The second kappa shape index (κ2) is 17.5. The van der Waals surface area contributed by atoms with Crippen LogP contribution in [0.2, 0.25) is 0 Å². The predicted octanol–water partition coefficient (Wildman–Crippen LogP) is 0.892. The number of piperazine rings is 1. The maximum atomic E-state index is 13.1. The molecule has 2 saturated heterocycles. The molecule has 2 aliphatic heterocycles. The lowest BCUT2D eigenvalue weighted by Gasteiger charge is -2.41. The summed E-state index contributed by atoms with van der Waals surface area (Å²) in [6, 6.07) is 9.07. The number of likely N-dealkylation sites (N-methyl/N-ethyl adjacent to an activating group) is 1. The number of piperidine rings is 1. The maximum Gasteiger partial charge on any atom is 0.408 e. The smallest absolute Gasteiger partial charge is 0.408 e. The Morgan fingerprint density at radius 3 is 1.92 bits per heavy atom. The highest BCUT2D eigenvalue weighted by Gasteiger charge is 2.37. The van der Waals surface area contributed by atoms with E-state index in [0.717, 1.165) is 48.9 Å². The number of likely N-dealkylation sites (tertiary alicyclic amines) is 1. The average Bonchev–Trinajstić information content (AvgIpc) is 3.03. The second-order valence-electron chi connectivity index (χ2n) is 16.6. The van der Waals surface area contributed by atoms with Gasteiger partial charge >= 0.3 is 23.9 Å². The van der Waals surface area contributed by atoms with Crippen molar-refractivity contribution in [1.82, 2.24) is 30.0 Å². The molecule has 0 saturated carbocycles. The molecule has 4 rings (SSSR count). The van der Waals surface area contributed by atoms with Gasteiger partial charge in [-0.2, -0.15) is 4.98 Å². The summed E-state index contributed by atoms with van der Waals surface area (Å²) in [5.41, 5.74) is -1.10. The normalized spacial score (nSPS) is 19.4. The number of alkyl carbamates (subject to hydrolysis) is 2. The van der Waals surface area contributed by atoms with Crippen molar-refractivity contribution in [3.05, 3.63) is 52.6 Å². The highest BCUT2D eigenvalue weighted by molar-refractivity contribution is 5.90. The molecule has 1 aromatic carbocycles. The number of nitrogens with zero attached hydrogens (tertiary/aromatic N) is 5. The molecule has 3 N–H and O–H groups in total. The van der Waals surface area contributed by atoms with Crippen LogP contribution in [0, 0.1) is 0 Å². The van der Waals surface area contributed by atoms with E-state index in [2.05, 4.69) is 28.0 Å². The SMILES string of the molecule is CC(C)(C)OC(=O)NC1CC[N+](C)(CCc2ccc(-n3ccc(NC(=O)N4CCN(C(=O)C(C)(C)NC(=O)OC(C)(C)C)CC4)nc3=O)cc2)CC1.[I-]. The minimum absolute atomic E-state index is 0. The molecule has 2 aromatic rings. The third-order valence-corrected chi connectivity index (χ3v) is 9.15. The third-order valence-electron chi connectivity index (χ3n) is 9.15. The van der Waals surface area contributed by atoms with Crippen molar-refractivity contribution >= 4 is 29.9 Å². The zero-order chi connectivity index (χ0) is 38.5. The molecular weight excluding hydrogens is 795 g/mol. The molecule has 16 heteroatoms. The first-order valence-corrected chi connectivity index (χ1v) is 18.0. The summed E-state index contributed by atoms with van der Waals surface area (Å²) < 4.78 is 13.0. The molecule has 2 aliphatic rings. The van der Waals surface area contributed by atoms with Gasteiger partial charge in [0.05, 0.1) is 32.4 Å². The van der Waals surface area contributed by atoms with Gasteiger partial charge in [-0.1, -0.05) is 12.1 Å². The van der Waals surface area contributed by atoms with E-state index in [1.54, 1.807) is 56.7 Å². The monoisotopic (exact) mass is 852 g/mol. The maximum absolute atomic E-state index is 13.1. The number of ether oxygens (including phenoxy) is 2. The van der Waals surface area contributed by atoms with Crippen LogP contribution >= 0.6 is 0 Å². The molecule has 294 valence electrons. The predicted molar refractivity (Wildman–Crippen MR) is 197 cm³/mol. The number of rotatable bonds is 8. The number of anilines is 1. The van der Waals surface area contributed by atoms with Crippen molar-refractivity contribution < 1.29 is 57.1 Å². The van der Waals surface area contributed by atoms with Crippen molar-refractivity contribution in [2.75, 3.05) is 58.2 Å². The summed E-state index contributed by atoms with van der Waals surface area (Å²) in [6.07, 6.45) is 3.21. The number of benzene rings is 1. The van der Waals surface area contributed by atoms with Crippen LogP contribution in [0.3, 0.4) is 0 Å². The Morgan fingerprint density at radius 2 is 1.38 bits per heavy atom. The van der Waals surface area contributed by atoms with E-state index in [0.29, 0.717) is 5.69 Å². The van der Waals surface area contributed by atoms with Gasteiger partial charge in [-0.3, -0.25) is 14.7 Å². The molecule has 0 unspecified atom stereocenters. The van der Waals surface area contributed by atoms with Crippen LogP contribution in [0.25, 0.3) is 5.69 Å². The molecule has 0 spiro atoms. The van der Waals surface area contributed by atoms with Crippen LogP contribution in [0.5, 0.6) is 0 Å². The van der Waals surface area contributed by atoms with Crippen molar-refractivity contribution in [2.24, 2.45) is 0 Å². The fourth-order valence-electron chi connectivity index (χ4n) is 6.23. The number of halogens is 1. The molecule has 5 amide bonds. The van der Waals surface area contributed by atoms with Gasteiger partial charge in [0.1, 0.15) is 22.6 Å². The Morgan fingerprint density at radius 1 is 0.830 bits per heavy atom. The largest absolute Gasteiger partial charge is 1.00 e. The van der Waals surface area contributed by atoms with Crippen LogP contribution in [0.4, 0.5) is 20.2 Å². The van der Waals surface area contributed by atoms with Crippen LogP contribution in [-0.2, 0) is 20.7 Å². The highest BCUT2D eigenvalue weighted by atomic mass is 127. The number of amides is 5. The zero-order valence-corrected chi connectivity index (χ0v) is 34.7. The van der Waals surface area contributed by atoms with E-state index in [1.807, 2.05) is 45.0 Å². The molecule has 0 aliphatic carbocycles. The standard InChI is InChI=1S/C37H56N8O7.HI/c1-35(2,3)51-33(49)38-27-16-24-45(9,25-17-27)23-15-26-10-12-28(13-11-26)44-18-14-29(40-32(44)48)39-31(47)43-21-19-42(20-22-43)30(46)37(7,8)41-34(50)52-36(4,5)6;/h10-14,18,27H,15-17,19-25H2,1-9H3,(H2-,38,39,40,41,47,48,49,50);1H. The Hall–Kier alpha value is -3.93. The highest BCUT2D eigenvalue weighted by Crippen LogP contribution is 2.20. The van der Waals surface area contributed by atoms with Gasteiger partial charge in [-0.15, -0.1) is 0 Å². The lowest BCUT2D eigenvalue weighted by Crippen LogP contribution is -3.00. The van der Waals surface area contributed by atoms with E-state index in [4.69, 9.17) is 9.47 Å². The third kappa shape index (κ3) is 13.2. The summed E-state index contributed by atoms with van der Waals surface area (Å²) in [4.78, 5) is 70.7. The first-order chi connectivity index (χ1) is 24.1. The number of aromatic nitrogens is 2. The van der Waals surface area contributed by atoms with Gasteiger partial charge in [0.25, 0.3) is 0 Å². The van der Waals surface area contributed by atoms with E-state index in [-0.39, 0.29) is 74.0 Å². The minimum atomic E-state index is -1.19. The zero-order valence-electron chi connectivity index (χ0n) is 32.6. The molecule has 3 heterocycles. The van der Waals surface area contributed by atoms with Crippen LogP contribution in [0.15, 0.2) is 41.3 Å². The molecular formula is C37H57IN8O7. The van der Waals surface area contributed by atoms with Crippen LogP contribution < -0.4 is 45.6 Å². The van der Waals surface area contributed by atoms with Gasteiger partial charge in [0, 0.05) is 57.7 Å². The Labute approximate surface area is 329 Å². The first kappa shape index (κ1) is 43.5. The average molecular weight is 853 g/mol. The van der Waals surface area contributed by atoms with E-state index < -0.39 is 34.6 Å². The fraction of sp³-hybridized carbons (Fsp3) is 0.622. The number of carbonyl (C=O) groups is 4. The Bertz CT molecular complexity index is 1650. The molecule has 0 bridgehead atoms. The van der Waals surface area contributed by atoms with Crippen LogP contribution in [0.1, 0.15) is 73.8 Å². The summed E-state index contributed by atoms with van der Waals surface area (Å²) >= 11 is 0. The Balaban J connectivity index is 0.00000756. The quantitative estimate of drug-likeness (QED) is 0.261. The lowest BCUT2D eigenvalue weighted by molar-refractivity contribution is -0.914. The number of hydrogen-bond donors (Lipinski definition) is 3. The van der Waals surface area contributed by atoms with Gasteiger partial charge in [0.15, 0.2) is 0 Å². The van der Waals surface area contributed by atoms with Gasteiger partial charge in [-0.05, 0) is 79.2 Å². The number of urea groups is 1. The van der Waals surface area contributed by atoms with Gasteiger partial charge in [-0.25, -0.2) is 19.2 Å². The summed E-state index contributed by atoms with van der Waals surface area (Å²) in [6.45, 7) is 18.0. The van der Waals surface area contributed by atoms with Gasteiger partial charge < -0.3 is 58.4 Å². The second-order valence-corrected chi connectivity index (χ2v) is 16.6. The fourth-order valence-corrected chi connectivity index (χ4v) is 6.23. The summed E-state index contributed by atoms with van der Waals surface area (Å²) in [5, 5.41) is 8.33. The summed E-state index contributed by atoms with van der Waals surface area (Å²) in [7, 11) is 2.25. The van der Waals surface area contributed by atoms with Gasteiger partial charge in [0.2, 0.25) is 5.91 Å². The molecule has 1 aromatic heterocycles. The van der Waals surface area contributed by atoms with Crippen molar-refractivity contribution in [2.45, 2.75) is 97.4 Å². The molecule has 53 heavy (non-hydrogen) atoms. The van der Waals surface area contributed by atoms with Crippen molar-refractivity contribution in [3.63, 3.8) is 0 Å². The van der Waals surface area contributed by atoms with E-state index >= 15 is 0 Å². The van der Waals surface area contributed by atoms with E-state index in [1.165, 1.54) is 4.57 Å². The van der Waals surface area contributed by atoms with Crippen molar-refractivity contribution in [3.8, 4) is 5.69 Å². The molecule has 2 fully saturated rings. The minimum Gasteiger partial charge on any atom is -1.00 e. The number of carbonyl (C=O) groups excluding carboxylic acids is 4. The number of nitrogens with one attached hydrogen (secondary N) is 3. The number of hydrogen-bond acceptors (Lipinski definition) is 8. The van der Waals surface area contributed by atoms with E-state index in [9.17, 15) is 24.0 Å². The lowest BCUT2D eigenvalue weighted by atomic mass is 10.0. The number of quaternary nitrogens is 1. The van der Waals surface area contributed by atoms with Crippen LogP contribution in [-0.4, -0.2) is 124 Å². The molecule has 0 radical (unpaired) electrons. The molecule has 0 atom stereocenters.